The van der Waals surface area contributed by atoms with E-state index in [1.165, 1.54) is 44.1 Å². The molecule has 2 aliphatic rings. The smallest absolute Gasteiger partial charge is 0.164 e. The molecule has 0 fully saturated rings. The molecular formula is C47H32N4. The number of benzene rings is 6. The molecule has 0 aliphatic heterocycles. The highest BCUT2D eigenvalue weighted by molar-refractivity contribution is 6.03. The van der Waals surface area contributed by atoms with E-state index in [0.717, 1.165) is 34.4 Å². The Kier molecular flexibility index (Phi) is 6.91. The summed E-state index contributed by atoms with van der Waals surface area (Å²) in [4.78, 5) is 15.0. The lowest BCUT2D eigenvalue weighted by molar-refractivity contribution is 0.726. The zero-order valence-corrected chi connectivity index (χ0v) is 27.8. The van der Waals surface area contributed by atoms with Crippen molar-refractivity contribution in [2.75, 3.05) is 0 Å². The van der Waals surface area contributed by atoms with Crippen LogP contribution in [0.25, 0.3) is 78.7 Å². The van der Waals surface area contributed by atoms with Crippen molar-refractivity contribution in [2.24, 2.45) is 5.92 Å². The van der Waals surface area contributed by atoms with E-state index in [2.05, 4.69) is 144 Å². The van der Waals surface area contributed by atoms with Crippen LogP contribution in [0.4, 0.5) is 0 Å². The Morgan fingerprint density at radius 1 is 0.510 bits per heavy atom. The molecule has 8 aromatic rings. The van der Waals surface area contributed by atoms with Crippen LogP contribution in [-0.4, -0.2) is 19.5 Å². The zero-order valence-electron chi connectivity index (χ0n) is 27.8. The summed E-state index contributed by atoms with van der Waals surface area (Å²) in [7, 11) is 0. The minimum Gasteiger partial charge on any atom is -0.313 e. The molecule has 0 N–H and O–H groups in total. The third kappa shape index (κ3) is 5.20. The number of allylic oxidation sites excluding steroid dienone is 5. The van der Waals surface area contributed by atoms with Crippen molar-refractivity contribution < 1.29 is 0 Å². The Morgan fingerprint density at radius 3 is 1.71 bits per heavy atom. The molecule has 0 saturated carbocycles. The predicted octanol–water partition coefficient (Wildman–Crippen LogP) is 11.3. The highest BCUT2D eigenvalue weighted by Crippen LogP contribution is 2.41. The van der Waals surface area contributed by atoms with E-state index in [4.69, 9.17) is 15.0 Å². The largest absolute Gasteiger partial charge is 0.313 e. The summed E-state index contributed by atoms with van der Waals surface area (Å²) in [6.07, 6.45) is 12.3. The second kappa shape index (κ2) is 12.0. The van der Waals surface area contributed by atoms with Gasteiger partial charge in [-0.3, -0.25) is 0 Å². The van der Waals surface area contributed by atoms with Crippen molar-refractivity contribution in [3.05, 3.63) is 187 Å². The van der Waals surface area contributed by atoms with E-state index in [9.17, 15) is 0 Å². The van der Waals surface area contributed by atoms with Gasteiger partial charge in [0.05, 0.1) is 5.52 Å². The van der Waals surface area contributed by atoms with Gasteiger partial charge < -0.3 is 4.57 Å². The molecule has 2 aromatic heterocycles. The summed E-state index contributed by atoms with van der Waals surface area (Å²) in [5, 5.41) is 3.79. The molecule has 6 aromatic carbocycles. The molecule has 240 valence electrons. The van der Waals surface area contributed by atoms with Crippen molar-refractivity contribution in [1.29, 1.82) is 0 Å². The number of rotatable bonds is 5. The van der Waals surface area contributed by atoms with E-state index in [1.54, 1.807) is 0 Å². The van der Waals surface area contributed by atoms with Crippen LogP contribution in [-0.2, 0) is 6.42 Å². The first-order chi connectivity index (χ1) is 25.2. The lowest BCUT2D eigenvalue weighted by Crippen LogP contribution is -2.14. The van der Waals surface area contributed by atoms with Gasteiger partial charge in [-0.05, 0) is 76.4 Å². The van der Waals surface area contributed by atoms with Crippen LogP contribution in [0.1, 0.15) is 11.3 Å². The molecule has 0 bridgehead atoms. The monoisotopic (exact) mass is 652 g/mol. The minimum absolute atomic E-state index is 0.376. The maximum absolute atomic E-state index is 5.04. The van der Waals surface area contributed by atoms with Crippen molar-refractivity contribution in [3.8, 4) is 51.0 Å². The third-order valence-corrected chi connectivity index (χ3v) is 10.2. The summed E-state index contributed by atoms with van der Waals surface area (Å²) in [5.74, 6) is 2.33. The van der Waals surface area contributed by atoms with Crippen molar-refractivity contribution in [1.82, 2.24) is 19.5 Å². The quantitative estimate of drug-likeness (QED) is 0.186. The van der Waals surface area contributed by atoms with Crippen LogP contribution >= 0.6 is 0 Å². The zero-order chi connectivity index (χ0) is 33.7. The Hall–Kier alpha value is -6.65. The fraction of sp³-hybridized carbons (Fsp3) is 0.0426. The van der Waals surface area contributed by atoms with Crippen LogP contribution in [0, 0.1) is 5.92 Å². The fourth-order valence-corrected chi connectivity index (χ4v) is 7.58. The summed E-state index contributed by atoms with van der Waals surface area (Å²) < 4.78 is 2.46. The summed E-state index contributed by atoms with van der Waals surface area (Å²) in [6, 6.07) is 51.1. The maximum Gasteiger partial charge on any atom is 0.164 e. The highest BCUT2D eigenvalue weighted by atomic mass is 15.0. The van der Waals surface area contributed by atoms with Gasteiger partial charge in [-0.1, -0.05) is 133 Å². The standard InChI is InChI=1S/C47H32N4/c1-3-11-31(12-4-1)32-19-21-34(22-20-32)46-48-45(33-13-5-2-6-14-33)49-47(50-46)35-23-25-40(26-24-35)51-43-29-38-17-9-7-15-36(38)27-41(43)42-28-37-16-8-10-18-39(37)30-44(42)51/h1-29,39H,30H2. The van der Waals surface area contributed by atoms with Gasteiger partial charge >= 0.3 is 0 Å². The Morgan fingerprint density at radius 2 is 1.04 bits per heavy atom. The first kappa shape index (κ1) is 29.3. The number of nitrogens with zero attached hydrogens (tertiary/aromatic N) is 4. The van der Waals surface area contributed by atoms with Gasteiger partial charge in [0, 0.05) is 44.9 Å². The van der Waals surface area contributed by atoms with Crippen LogP contribution < -0.4 is 0 Å². The van der Waals surface area contributed by atoms with Crippen LogP contribution in [0.3, 0.4) is 0 Å². The molecule has 0 radical (unpaired) electrons. The fourth-order valence-electron chi connectivity index (χ4n) is 7.58. The average molecular weight is 653 g/mol. The highest BCUT2D eigenvalue weighted by Gasteiger charge is 2.26. The minimum atomic E-state index is 0.376. The summed E-state index contributed by atoms with van der Waals surface area (Å²) >= 11 is 0. The first-order valence-corrected chi connectivity index (χ1v) is 17.5. The van der Waals surface area contributed by atoms with E-state index >= 15 is 0 Å². The van der Waals surface area contributed by atoms with E-state index in [0.29, 0.717) is 23.4 Å². The van der Waals surface area contributed by atoms with Crippen LogP contribution in [0.2, 0.25) is 0 Å². The molecule has 2 heterocycles. The number of fused-ring (bicyclic) bond motifs is 5. The van der Waals surface area contributed by atoms with Gasteiger partial charge in [0.25, 0.3) is 0 Å². The number of hydrogen-bond acceptors (Lipinski definition) is 3. The average Bonchev–Trinajstić information content (AvgIpc) is 3.51. The van der Waals surface area contributed by atoms with Gasteiger partial charge in [0.2, 0.25) is 0 Å². The Bertz CT molecular complexity index is 2680. The predicted molar refractivity (Wildman–Crippen MR) is 209 cm³/mol. The van der Waals surface area contributed by atoms with Crippen molar-refractivity contribution >= 4 is 27.8 Å². The second-order valence-electron chi connectivity index (χ2n) is 13.3. The molecule has 2 aliphatic carbocycles. The SMILES string of the molecule is C1=CC2=Cc3c(n(-c4ccc(-c5nc(-c6ccccc6)nc(-c6ccc(-c7ccccc7)cc6)n5)cc4)c4cc5ccccc5cc34)CC2C=C1. The van der Waals surface area contributed by atoms with E-state index in [1.807, 2.05) is 36.4 Å². The molecule has 1 atom stereocenters. The van der Waals surface area contributed by atoms with Crippen LogP contribution in [0.15, 0.2) is 175 Å². The second-order valence-corrected chi connectivity index (χ2v) is 13.3. The van der Waals surface area contributed by atoms with E-state index in [-0.39, 0.29) is 0 Å². The van der Waals surface area contributed by atoms with Crippen LogP contribution in [0.5, 0.6) is 0 Å². The Labute approximate surface area is 296 Å². The number of aromatic nitrogens is 4. The van der Waals surface area contributed by atoms with Crippen molar-refractivity contribution in [2.45, 2.75) is 6.42 Å². The molecule has 51 heavy (non-hydrogen) atoms. The molecule has 0 amide bonds. The summed E-state index contributed by atoms with van der Waals surface area (Å²) in [5.41, 5.74) is 11.6. The van der Waals surface area contributed by atoms with Gasteiger partial charge in [0.1, 0.15) is 0 Å². The lowest BCUT2D eigenvalue weighted by atomic mass is 9.83. The number of hydrogen-bond donors (Lipinski definition) is 0. The lowest BCUT2D eigenvalue weighted by Gasteiger charge is -2.24. The molecular weight excluding hydrogens is 621 g/mol. The van der Waals surface area contributed by atoms with Crippen molar-refractivity contribution in [3.63, 3.8) is 0 Å². The van der Waals surface area contributed by atoms with Gasteiger partial charge in [-0.2, -0.15) is 0 Å². The topological polar surface area (TPSA) is 43.6 Å². The summed E-state index contributed by atoms with van der Waals surface area (Å²) in [6.45, 7) is 0. The first-order valence-electron chi connectivity index (χ1n) is 17.5. The molecule has 1 unspecified atom stereocenters. The molecule has 10 rings (SSSR count). The maximum atomic E-state index is 5.04. The molecule has 0 spiro atoms. The molecule has 0 saturated heterocycles. The third-order valence-electron chi connectivity index (χ3n) is 10.2. The molecule has 4 heteroatoms. The molecule has 4 nitrogen and oxygen atoms in total. The van der Waals surface area contributed by atoms with Gasteiger partial charge in [0.15, 0.2) is 17.5 Å². The van der Waals surface area contributed by atoms with Gasteiger partial charge in [-0.15, -0.1) is 0 Å². The van der Waals surface area contributed by atoms with Gasteiger partial charge in [-0.25, -0.2) is 15.0 Å². The Balaban J connectivity index is 1.09. The van der Waals surface area contributed by atoms with E-state index < -0.39 is 0 Å². The normalized spacial score (nSPS) is 14.7.